The van der Waals surface area contributed by atoms with Crippen LogP contribution in [0.25, 0.3) is 0 Å². The Morgan fingerprint density at radius 1 is 1.44 bits per heavy atom. The minimum Gasteiger partial charge on any atom is -0.303 e. The molecule has 0 amide bonds. The van der Waals surface area contributed by atoms with E-state index in [4.69, 9.17) is 11.6 Å². The Morgan fingerprint density at radius 2 is 2.19 bits per heavy atom. The number of hydrogen-bond donors (Lipinski definition) is 0. The average Bonchev–Trinajstić information content (AvgIpc) is 2.29. The number of carbonyl (C=O) groups is 1. The molecule has 0 saturated heterocycles. The number of aryl methyl sites for hydroxylation is 1. The fourth-order valence-corrected chi connectivity index (χ4v) is 2.98. The van der Waals surface area contributed by atoms with Crippen LogP contribution in [0.15, 0.2) is 18.2 Å². The molecule has 0 heterocycles. The Morgan fingerprint density at radius 3 is 2.88 bits per heavy atom. The maximum Gasteiger partial charge on any atom is 0.126 e. The number of hydrogen-bond acceptors (Lipinski definition) is 1. The van der Waals surface area contributed by atoms with Crippen LogP contribution in [0.4, 0.5) is 0 Å². The van der Waals surface area contributed by atoms with Crippen molar-refractivity contribution in [3.63, 3.8) is 0 Å². The van der Waals surface area contributed by atoms with Crippen molar-refractivity contribution in [1.82, 2.24) is 0 Å². The fraction of sp³-hybridized carbons (Fsp3) is 0.500. The monoisotopic (exact) mass is 236 g/mol. The SMILES string of the molecule is CC(C)(C=O)C1CCCc2cccc(Cl)c21. The summed E-state index contributed by atoms with van der Waals surface area (Å²) in [6.07, 6.45) is 4.36. The molecule has 0 aromatic heterocycles. The van der Waals surface area contributed by atoms with E-state index in [-0.39, 0.29) is 11.3 Å². The number of carbonyl (C=O) groups excluding carboxylic acids is 1. The molecule has 1 nitrogen and oxygen atoms in total. The first-order valence-electron chi connectivity index (χ1n) is 5.80. The molecule has 1 atom stereocenters. The summed E-state index contributed by atoms with van der Waals surface area (Å²) in [5, 5.41) is 0.817. The number of halogens is 1. The number of fused-ring (bicyclic) bond motifs is 1. The lowest BCUT2D eigenvalue weighted by atomic mass is 9.69. The normalized spacial score (nSPS) is 20.3. The Bertz CT molecular complexity index is 409. The van der Waals surface area contributed by atoms with Crippen molar-refractivity contribution in [3.8, 4) is 0 Å². The first-order valence-corrected chi connectivity index (χ1v) is 6.17. The van der Waals surface area contributed by atoms with Gasteiger partial charge in [-0.2, -0.15) is 0 Å². The van der Waals surface area contributed by atoms with Crippen LogP contribution in [0.1, 0.15) is 43.7 Å². The number of aldehydes is 1. The molecule has 16 heavy (non-hydrogen) atoms. The second-order valence-corrected chi connectivity index (χ2v) is 5.60. The second-order valence-electron chi connectivity index (χ2n) is 5.20. The minimum atomic E-state index is -0.319. The van der Waals surface area contributed by atoms with E-state index in [1.807, 2.05) is 26.0 Å². The second kappa shape index (κ2) is 4.21. The maximum atomic E-state index is 11.2. The topological polar surface area (TPSA) is 17.1 Å². The molecule has 0 N–H and O–H groups in total. The van der Waals surface area contributed by atoms with Gasteiger partial charge < -0.3 is 4.79 Å². The van der Waals surface area contributed by atoms with E-state index in [9.17, 15) is 4.79 Å². The van der Waals surface area contributed by atoms with Gasteiger partial charge in [0, 0.05) is 10.4 Å². The van der Waals surface area contributed by atoms with Crippen LogP contribution in [-0.4, -0.2) is 6.29 Å². The van der Waals surface area contributed by atoms with Crippen LogP contribution >= 0.6 is 11.6 Å². The van der Waals surface area contributed by atoms with Crippen LogP contribution in [0.2, 0.25) is 5.02 Å². The molecule has 2 rings (SSSR count). The fourth-order valence-electron chi connectivity index (χ4n) is 2.66. The van der Waals surface area contributed by atoms with Gasteiger partial charge in [-0.15, -0.1) is 0 Å². The van der Waals surface area contributed by atoms with E-state index in [0.29, 0.717) is 0 Å². The summed E-state index contributed by atoms with van der Waals surface area (Å²) in [5.41, 5.74) is 2.20. The van der Waals surface area contributed by atoms with E-state index >= 15 is 0 Å². The molecule has 1 aliphatic rings. The average molecular weight is 237 g/mol. The predicted octanol–water partition coefficient (Wildman–Crippen LogP) is 3.99. The van der Waals surface area contributed by atoms with Gasteiger partial charge in [-0.3, -0.25) is 0 Å². The van der Waals surface area contributed by atoms with Gasteiger partial charge >= 0.3 is 0 Å². The largest absolute Gasteiger partial charge is 0.303 e. The van der Waals surface area contributed by atoms with Crippen LogP contribution in [0.5, 0.6) is 0 Å². The van der Waals surface area contributed by atoms with Crippen molar-refractivity contribution < 1.29 is 4.79 Å². The third kappa shape index (κ3) is 1.89. The molecular weight excluding hydrogens is 220 g/mol. The lowest BCUT2D eigenvalue weighted by Gasteiger charge is -2.35. The molecule has 2 heteroatoms. The summed E-state index contributed by atoms with van der Waals surface area (Å²) in [7, 11) is 0. The summed E-state index contributed by atoms with van der Waals surface area (Å²) in [6, 6.07) is 6.06. The standard InChI is InChI=1S/C14H17ClO/c1-14(2,9-16)11-7-3-5-10-6-4-8-12(15)13(10)11/h4,6,8-9,11H,3,5,7H2,1-2H3. The van der Waals surface area contributed by atoms with Gasteiger partial charge in [-0.1, -0.05) is 37.6 Å². The zero-order chi connectivity index (χ0) is 11.8. The third-order valence-electron chi connectivity index (χ3n) is 3.63. The third-order valence-corrected chi connectivity index (χ3v) is 3.96. The van der Waals surface area contributed by atoms with Crippen molar-refractivity contribution in [2.45, 2.75) is 39.0 Å². The zero-order valence-corrected chi connectivity index (χ0v) is 10.6. The highest BCUT2D eigenvalue weighted by atomic mass is 35.5. The Balaban J connectivity index is 2.51. The molecule has 0 saturated carbocycles. The van der Waals surface area contributed by atoms with Gasteiger partial charge in [0.2, 0.25) is 0 Å². The van der Waals surface area contributed by atoms with Gasteiger partial charge in [0.05, 0.1) is 0 Å². The van der Waals surface area contributed by atoms with Gasteiger partial charge in [0.1, 0.15) is 6.29 Å². The summed E-state index contributed by atoms with van der Waals surface area (Å²) in [5.74, 6) is 0.266. The Labute approximate surface area is 102 Å². The highest BCUT2D eigenvalue weighted by Gasteiger charge is 2.34. The summed E-state index contributed by atoms with van der Waals surface area (Å²) in [6.45, 7) is 4.01. The molecule has 1 aromatic carbocycles. The summed E-state index contributed by atoms with van der Waals surface area (Å²) in [4.78, 5) is 11.2. The van der Waals surface area contributed by atoms with Crippen molar-refractivity contribution in [2.75, 3.05) is 0 Å². The Kier molecular flexibility index (Phi) is 3.07. The van der Waals surface area contributed by atoms with Gasteiger partial charge in [0.25, 0.3) is 0 Å². The van der Waals surface area contributed by atoms with Gasteiger partial charge in [0.15, 0.2) is 0 Å². The van der Waals surface area contributed by atoms with E-state index in [2.05, 4.69) is 6.07 Å². The van der Waals surface area contributed by atoms with Crippen molar-refractivity contribution in [3.05, 3.63) is 34.3 Å². The molecule has 1 aromatic rings. The summed E-state index contributed by atoms with van der Waals surface area (Å²) < 4.78 is 0. The van der Waals surface area contributed by atoms with Crippen molar-refractivity contribution in [2.24, 2.45) is 5.41 Å². The number of benzene rings is 1. The lowest BCUT2D eigenvalue weighted by Crippen LogP contribution is -2.27. The van der Waals surface area contributed by atoms with Crippen molar-refractivity contribution in [1.29, 1.82) is 0 Å². The van der Waals surface area contributed by atoms with Crippen LogP contribution in [0.3, 0.4) is 0 Å². The van der Waals surface area contributed by atoms with E-state index in [1.54, 1.807) is 0 Å². The van der Waals surface area contributed by atoms with Gasteiger partial charge in [-0.25, -0.2) is 0 Å². The number of rotatable bonds is 2. The molecule has 1 unspecified atom stereocenters. The van der Waals surface area contributed by atoms with E-state index in [0.717, 1.165) is 30.6 Å². The molecular formula is C14H17ClO. The van der Waals surface area contributed by atoms with Crippen LogP contribution in [0, 0.1) is 5.41 Å². The minimum absolute atomic E-state index is 0.266. The molecule has 0 bridgehead atoms. The quantitative estimate of drug-likeness (QED) is 0.710. The maximum absolute atomic E-state index is 11.2. The first-order chi connectivity index (χ1) is 7.56. The smallest absolute Gasteiger partial charge is 0.126 e. The highest BCUT2D eigenvalue weighted by Crippen LogP contribution is 2.45. The first kappa shape index (κ1) is 11.7. The summed E-state index contributed by atoms with van der Waals surface area (Å²) >= 11 is 6.28. The molecule has 1 aliphatic carbocycles. The van der Waals surface area contributed by atoms with Crippen LogP contribution < -0.4 is 0 Å². The van der Waals surface area contributed by atoms with E-state index < -0.39 is 0 Å². The molecule has 0 fully saturated rings. The molecule has 86 valence electrons. The van der Waals surface area contributed by atoms with Crippen LogP contribution in [-0.2, 0) is 11.2 Å². The zero-order valence-electron chi connectivity index (χ0n) is 9.79. The lowest BCUT2D eigenvalue weighted by molar-refractivity contribution is -0.115. The van der Waals surface area contributed by atoms with Crippen molar-refractivity contribution >= 4 is 17.9 Å². The molecule has 0 radical (unpaired) electrons. The molecule has 0 aliphatic heterocycles. The Hall–Kier alpha value is -0.820. The highest BCUT2D eigenvalue weighted by molar-refractivity contribution is 6.31. The predicted molar refractivity (Wildman–Crippen MR) is 67.0 cm³/mol. The van der Waals surface area contributed by atoms with E-state index in [1.165, 1.54) is 11.1 Å². The molecule has 0 spiro atoms. The van der Waals surface area contributed by atoms with Gasteiger partial charge in [-0.05, 0) is 42.4 Å².